The fourth-order valence-corrected chi connectivity index (χ4v) is 14.8. The first kappa shape index (κ1) is 37.6. The molecule has 2 aromatic carbocycles. The van der Waals surface area contributed by atoms with Gasteiger partial charge in [-0.1, -0.05) is 94.8 Å². The molecule has 0 spiro atoms. The molecule has 0 bridgehead atoms. The molecule has 1 aliphatic heterocycles. The van der Waals surface area contributed by atoms with Crippen LogP contribution < -0.4 is 10.4 Å². The highest BCUT2D eigenvalue weighted by Crippen LogP contribution is 2.49. The topological polar surface area (TPSA) is 57.2 Å². The van der Waals surface area contributed by atoms with E-state index < -0.39 is 14.4 Å². The summed E-state index contributed by atoms with van der Waals surface area (Å²) in [6, 6.07) is 21.5. The summed E-state index contributed by atoms with van der Waals surface area (Å²) in [5.74, 6) is 2.29. The Labute approximate surface area is 277 Å². The molecule has 248 valence electrons. The highest BCUT2D eigenvalue weighted by Gasteiger charge is 2.50. The van der Waals surface area contributed by atoms with E-state index in [-0.39, 0.29) is 27.4 Å². The third kappa shape index (κ3) is 10.3. The number of aliphatic hydroxyl groups is 1. The Balaban J connectivity index is 1.67. The van der Waals surface area contributed by atoms with E-state index in [4.69, 9.17) is 18.6 Å². The summed E-state index contributed by atoms with van der Waals surface area (Å²) in [5, 5.41) is 13.9. The number of ether oxygens (including phenoxy) is 3. The minimum absolute atomic E-state index is 0.00388. The molecule has 0 amide bonds. The van der Waals surface area contributed by atoms with Crippen LogP contribution in [0.2, 0.25) is 5.04 Å². The minimum Gasteiger partial charge on any atom is -0.407 e. The maximum Gasteiger partial charge on any atom is 0.261 e. The number of hydrogen-bond donors (Lipinski definition) is 1. The van der Waals surface area contributed by atoms with Gasteiger partial charge in [-0.2, -0.15) is 0 Å². The van der Waals surface area contributed by atoms with Crippen LogP contribution in [-0.4, -0.2) is 81.4 Å². The molecule has 0 aromatic heterocycles. The average Bonchev–Trinajstić information content (AvgIpc) is 3.02. The standard InChI is InChI=1S/C36H58O5S2Si/c1-8-16-31(39-6)28-36(42-23-15-24-43-36)27-29(37)25-32(40-7)26-30(38-5)21-22-41-44(35(2,3)4,33-17-11-9-12-18-33)34-19-13-10-14-20-34/h9-14,17-20,29-32,37H,8,15-16,21-28H2,1-7H3/t29-,30-,31+,32+/m0/s1. The number of methoxy groups -OCH3 is 3. The SMILES string of the molecule is CCC[C@H](CC1(C[C@@H](O)C[C@H](C[C@H](CCO[Si](c2ccccc2)(c2ccccc2)C(C)(C)C)OC)OC)SCCCS1)OC. The molecule has 0 radical (unpaired) electrons. The van der Waals surface area contributed by atoms with Crippen molar-refractivity contribution in [2.75, 3.05) is 39.4 Å². The summed E-state index contributed by atoms with van der Waals surface area (Å²) >= 11 is 4.04. The highest BCUT2D eigenvalue weighted by molar-refractivity contribution is 8.18. The molecule has 1 aliphatic rings. The second-order valence-electron chi connectivity index (χ2n) is 13.2. The van der Waals surface area contributed by atoms with Gasteiger partial charge in [0.1, 0.15) is 0 Å². The van der Waals surface area contributed by atoms with Crippen molar-refractivity contribution < 1.29 is 23.7 Å². The molecular formula is C36H58O5S2Si. The summed E-state index contributed by atoms with van der Waals surface area (Å²) in [4.78, 5) is 0. The lowest BCUT2D eigenvalue weighted by Gasteiger charge is -2.43. The Morgan fingerprint density at radius 3 is 1.80 bits per heavy atom. The van der Waals surface area contributed by atoms with E-state index in [1.54, 1.807) is 14.2 Å². The normalized spacial score (nSPS) is 18.5. The van der Waals surface area contributed by atoms with E-state index >= 15 is 0 Å². The van der Waals surface area contributed by atoms with Crippen molar-refractivity contribution in [1.82, 2.24) is 0 Å². The van der Waals surface area contributed by atoms with Crippen molar-refractivity contribution in [1.29, 1.82) is 0 Å². The number of aliphatic hydroxyl groups excluding tert-OH is 1. The Kier molecular flexibility index (Phi) is 15.8. The van der Waals surface area contributed by atoms with E-state index in [2.05, 4.69) is 88.4 Å². The first-order valence-corrected chi connectivity index (χ1v) is 20.3. The smallest absolute Gasteiger partial charge is 0.261 e. The number of rotatable bonds is 19. The number of hydrogen-bond acceptors (Lipinski definition) is 7. The lowest BCUT2D eigenvalue weighted by molar-refractivity contribution is -0.0114. The lowest BCUT2D eigenvalue weighted by Crippen LogP contribution is -2.66. The summed E-state index contributed by atoms with van der Waals surface area (Å²) < 4.78 is 24.9. The zero-order valence-electron chi connectivity index (χ0n) is 28.3. The largest absolute Gasteiger partial charge is 0.407 e. The van der Waals surface area contributed by atoms with E-state index in [1.165, 1.54) is 16.8 Å². The van der Waals surface area contributed by atoms with Crippen LogP contribution in [0, 0.1) is 0 Å². The maximum atomic E-state index is 11.4. The number of benzene rings is 2. The quantitative estimate of drug-likeness (QED) is 0.159. The van der Waals surface area contributed by atoms with Crippen LogP contribution >= 0.6 is 23.5 Å². The Morgan fingerprint density at radius 2 is 1.32 bits per heavy atom. The molecule has 1 fully saturated rings. The Morgan fingerprint density at radius 1 is 0.773 bits per heavy atom. The molecule has 0 unspecified atom stereocenters. The zero-order chi connectivity index (χ0) is 32.1. The fourth-order valence-electron chi connectivity index (χ4n) is 6.67. The van der Waals surface area contributed by atoms with E-state index in [0.717, 1.165) is 50.0 Å². The fraction of sp³-hybridized carbons (Fsp3) is 0.667. The molecule has 1 N–H and O–H groups in total. The molecule has 4 atom stereocenters. The highest BCUT2D eigenvalue weighted by atomic mass is 32.2. The van der Waals surface area contributed by atoms with Crippen LogP contribution in [0.15, 0.2) is 60.7 Å². The minimum atomic E-state index is -2.60. The molecule has 0 saturated carbocycles. The van der Waals surface area contributed by atoms with Crippen molar-refractivity contribution >= 4 is 42.2 Å². The second-order valence-corrected chi connectivity index (χ2v) is 20.7. The van der Waals surface area contributed by atoms with Gasteiger partial charge in [-0.15, -0.1) is 23.5 Å². The molecule has 5 nitrogen and oxygen atoms in total. The van der Waals surface area contributed by atoms with Gasteiger partial charge in [-0.3, -0.25) is 0 Å². The monoisotopic (exact) mass is 662 g/mol. The molecule has 8 heteroatoms. The average molecular weight is 663 g/mol. The molecule has 1 heterocycles. The van der Waals surface area contributed by atoms with Gasteiger partial charge in [0.15, 0.2) is 0 Å². The third-order valence-electron chi connectivity index (χ3n) is 8.95. The van der Waals surface area contributed by atoms with Crippen LogP contribution in [0.3, 0.4) is 0 Å². The van der Waals surface area contributed by atoms with Crippen molar-refractivity contribution in [3.05, 3.63) is 60.7 Å². The van der Waals surface area contributed by atoms with Gasteiger partial charge in [0.25, 0.3) is 8.32 Å². The predicted octanol–water partition coefficient (Wildman–Crippen LogP) is 7.29. The van der Waals surface area contributed by atoms with Gasteiger partial charge in [0, 0.05) is 27.9 Å². The second kappa shape index (κ2) is 18.5. The zero-order valence-corrected chi connectivity index (χ0v) is 30.9. The summed E-state index contributed by atoms with van der Waals surface area (Å²) in [5.41, 5.74) is 0. The van der Waals surface area contributed by atoms with E-state index in [0.29, 0.717) is 13.0 Å². The van der Waals surface area contributed by atoms with Crippen molar-refractivity contribution in [2.45, 2.75) is 113 Å². The molecule has 2 aromatic rings. The molecular weight excluding hydrogens is 605 g/mol. The van der Waals surface area contributed by atoms with Crippen molar-refractivity contribution in [3.8, 4) is 0 Å². The third-order valence-corrected chi connectivity index (χ3v) is 17.4. The van der Waals surface area contributed by atoms with Crippen molar-refractivity contribution in [3.63, 3.8) is 0 Å². The first-order chi connectivity index (χ1) is 21.1. The van der Waals surface area contributed by atoms with Gasteiger partial charge in [0.05, 0.1) is 28.5 Å². The summed E-state index contributed by atoms with van der Waals surface area (Å²) in [7, 11) is 2.76. The van der Waals surface area contributed by atoms with Gasteiger partial charge < -0.3 is 23.7 Å². The molecule has 3 rings (SSSR count). The van der Waals surface area contributed by atoms with Crippen LogP contribution in [0.1, 0.15) is 79.1 Å². The summed E-state index contributed by atoms with van der Waals surface area (Å²) in [6.45, 7) is 9.73. The van der Waals surface area contributed by atoms with Gasteiger partial charge >= 0.3 is 0 Å². The van der Waals surface area contributed by atoms with Crippen LogP contribution in [0.5, 0.6) is 0 Å². The van der Waals surface area contributed by atoms with Gasteiger partial charge in [-0.05, 0) is 71.9 Å². The molecule has 1 saturated heterocycles. The van der Waals surface area contributed by atoms with Gasteiger partial charge in [-0.25, -0.2) is 0 Å². The maximum absolute atomic E-state index is 11.4. The Hall–Kier alpha value is -0.843. The van der Waals surface area contributed by atoms with Crippen LogP contribution in [-0.2, 0) is 18.6 Å². The number of thioether (sulfide) groups is 2. The first-order valence-electron chi connectivity index (χ1n) is 16.4. The predicted molar refractivity (Wildman–Crippen MR) is 192 cm³/mol. The van der Waals surface area contributed by atoms with Gasteiger partial charge in [0.2, 0.25) is 0 Å². The van der Waals surface area contributed by atoms with E-state index in [9.17, 15) is 5.11 Å². The lowest BCUT2D eigenvalue weighted by atomic mass is 9.98. The van der Waals surface area contributed by atoms with Crippen LogP contribution in [0.25, 0.3) is 0 Å². The van der Waals surface area contributed by atoms with Crippen molar-refractivity contribution in [2.24, 2.45) is 0 Å². The van der Waals surface area contributed by atoms with E-state index in [1.807, 2.05) is 30.6 Å². The molecule has 0 aliphatic carbocycles. The summed E-state index contributed by atoms with van der Waals surface area (Å²) in [6.07, 6.45) is 6.87. The van der Waals surface area contributed by atoms with Crippen LogP contribution in [0.4, 0.5) is 0 Å². The molecule has 44 heavy (non-hydrogen) atoms. The Bertz CT molecular complexity index is 1010.